The Morgan fingerprint density at radius 2 is 1.54 bits per heavy atom. The maximum atomic E-state index is 13.9. The van der Waals surface area contributed by atoms with Crippen molar-refractivity contribution < 1.29 is 26.3 Å². The van der Waals surface area contributed by atoms with Gasteiger partial charge in [-0.2, -0.15) is 13.2 Å². The van der Waals surface area contributed by atoms with E-state index in [1.165, 1.54) is 12.1 Å². The predicted molar refractivity (Wildman–Crippen MR) is 97.3 cm³/mol. The summed E-state index contributed by atoms with van der Waals surface area (Å²) in [6.45, 7) is 1.69. The topological polar surface area (TPSA) is 15.6 Å². The van der Waals surface area contributed by atoms with Gasteiger partial charge in [-0.25, -0.2) is 4.99 Å². The van der Waals surface area contributed by atoms with Gasteiger partial charge in [-0.3, -0.25) is 4.90 Å². The lowest BCUT2D eigenvalue weighted by atomic mass is 10.1. The minimum absolute atomic E-state index is 0.175. The van der Waals surface area contributed by atoms with E-state index in [4.69, 9.17) is 0 Å². The summed E-state index contributed by atoms with van der Waals surface area (Å²) < 4.78 is 81.5. The zero-order valence-electron chi connectivity index (χ0n) is 14.6. The molecule has 0 amide bonds. The van der Waals surface area contributed by atoms with E-state index in [-0.39, 0.29) is 4.90 Å². The number of nitrogens with zero attached hydrogens (tertiary/aromatic N) is 2. The highest BCUT2D eigenvalue weighted by Gasteiger charge is 2.52. The molecule has 1 fully saturated rings. The quantitative estimate of drug-likeness (QED) is 0.403. The van der Waals surface area contributed by atoms with E-state index in [0.717, 1.165) is 23.9 Å². The van der Waals surface area contributed by atoms with Gasteiger partial charge < -0.3 is 0 Å². The van der Waals surface area contributed by atoms with Crippen LogP contribution in [-0.4, -0.2) is 22.3 Å². The fourth-order valence-electron chi connectivity index (χ4n) is 3.00. The zero-order valence-corrected chi connectivity index (χ0v) is 15.4. The molecule has 0 N–H and O–H groups in total. The summed E-state index contributed by atoms with van der Waals surface area (Å²) in [6, 6.07) is 12.5. The van der Waals surface area contributed by atoms with Crippen molar-refractivity contribution in [3.8, 4) is 0 Å². The highest BCUT2D eigenvalue weighted by molar-refractivity contribution is 8.01. The zero-order chi connectivity index (χ0) is 20.5. The molecule has 2 aromatic rings. The highest BCUT2D eigenvalue weighted by atomic mass is 32.2. The van der Waals surface area contributed by atoms with Gasteiger partial charge in [0.25, 0.3) is 0 Å². The molecule has 0 bridgehead atoms. The Bertz CT molecular complexity index is 847. The molecule has 1 heterocycles. The molecule has 0 saturated carbocycles. The smallest absolute Gasteiger partial charge is 0.254 e. The fourth-order valence-corrected chi connectivity index (χ4v) is 4.45. The van der Waals surface area contributed by atoms with Crippen LogP contribution in [-0.2, 0) is 6.18 Å². The van der Waals surface area contributed by atoms with Gasteiger partial charge in [0.15, 0.2) is 0 Å². The van der Waals surface area contributed by atoms with Gasteiger partial charge in [0.1, 0.15) is 11.2 Å². The lowest BCUT2D eigenvalue weighted by Crippen LogP contribution is -2.42. The Morgan fingerprint density at radius 3 is 2.11 bits per heavy atom. The van der Waals surface area contributed by atoms with E-state index in [0.29, 0.717) is 12.0 Å². The lowest BCUT2D eigenvalue weighted by Gasteiger charge is -2.28. The van der Waals surface area contributed by atoms with Gasteiger partial charge >= 0.3 is 12.5 Å². The average Bonchev–Trinajstić information content (AvgIpc) is 3.01. The number of rotatable bonds is 3. The first-order chi connectivity index (χ1) is 13.1. The predicted octanol–water partition coefficient (Wildman–Crippen LogP) is 6.78. The minimum Gasteiger partial charge on any atom is -0.254 e. The molecule has 0 radical (unpaired) electrons. The second kappa shape index (κ2) is 7.69. The number of alkyl halides is 6. The molecule has 0 aromatic heterocycles. The van der Waals surface area contributed by atoms with Crippen molar-refractivity contribution in [2.45, 2.75) is 36.4 Å². The molecular formula is C19H16F6N2S. The molecule has 0 aliphatic carbocycles. The largest absolute Gasteiger partial charge is 0.487 e. The normalized spacial score (nSPS) is 22.1. The van der Waals surface area contributed by atoms with Crippen molar-refractivity contribution in [1.82, 2.24) is 4.90 Å². The van der Waals surface area contributed by atoms with E-state index in [1.807, 2.05) is 0 Å². The van der Waals surface area contributed by atoms with E-state index in [9.17, 15) is 26.3 Å². The summed E-state index contributed by atoms with van der Waals surface area (Å²) in [5.41, 5.74) is -1.17. The second-order valence-corrected chi connectivity index (χ2v) is 7.41. The maximum absolute atomic E-state index is 13.9. The molecule has 1 aliphatic heterocycles. The van der Waals surface area contributed by atoms with Crippen LogP contribution in [0.4, 0.5) is 32.0 Å². The number of halogens is 6. The molecule has 28 heavy (non-hydrogen) atoms. The summed E-state index contributed by atoms with van der Waals surface area (Å²) in [6.07, 6.45) is -9.20. The summed E-state index contributed by atoms with van der Waals surface area (Å²) >= 11 is 1.03. The molecule has 1 saturated heterocycles. The SMILES string of the molecule is CCC1SC(c2ccccc2)N(C(F)(F)F)C1=Nc1ccccc1C(F)(F)F. The lowest BCUT2D eigenvalue weighted by molar-refractivity contribution is -0.221. The molecular weight excluding hydrogens is 402 g/mol. The molecule has 3 rings (SSSR count). The van der Waals surface area contributed by atoms with Gasteiger partial charge in [0.05, 0.1) is 16.5 Å². The molecule has 2 aromatic carbocycles. The number of hydrogen-bond acceptors (Lipinski definition) is 2. The standard InChI is InChI=1S/C19H16F6N2S/c1-2-15-16(26-14-11-7-6-10-13(14)18(20,21)22)27(19(23,24)25)17(28-15)12-8-4-3-5-9-12/h3-11,15,17H,2H2,1H3. The van der Waals surface area contributed by atoms with Gasteiger partial charge in [-0.05, 0) is 24.1 Å². The molecule has 1 aliphatic rings. The van der Waals surface area contributed by atoms with Crippen LogP contribution >= 0.6 is 11.8 Å². The maximum Gasteiger partial charge on any atom is 0.487 e. The number of amidine groups is 1. The Hall–Kier alpha value is -2.16. The van der Waals surface area contributed by atoms with Crippen molar-refractivity contribution >= 4 is 23.3 Å². The van der Waals surface area contributed by atoms with Gasteiger partial charge in [-0.1, -0.05) is 49.4 Å². The van der Waals surface area contributed by atoms with Crippen molar-refractivity contribution in [1.29, 1.82) is 0 Å². The number of aliphatic imine (C=N–C) groups is 1. The van der Waals surface area contributed by atoms with Gasteiger partial charge in [0.2, 0.25) is 0 Å². The summed E-state index contributed by atoms with van der Waals surface area (Å²) in [4.78, 5) is 4.06. The third-order valence-electron chi connectivity index (χ3n) is 4.24. The first kappa shape index (κ1) is 20.6. The van der Waals surface area contributed by atoms with E-state index >= 15 is 0 Å². The number of hydrogen-bond donors (Lipinski definition) is 0. The number of benzene rings is 2. The van der Waals surface area contributed by atoms with Crippen molar-refractivity contribution in [2.75, 3.05) is 0 Å². The molecule has 2 nitrogen and oxygen atoms in total. The molecule has 9 heteroatoms. The fraction of sp³-hybridized carbons (Fsp3) is 0.316. The van der Waals surface area contributed by atoms with Crippen molar-refractivity contribution in [3.05, 3.63) is 65.7 Å². The van der Waals surface area contributed by atoms with Crippen LogP contribution in [0.2, 0.25) is 0 Å². The Balaban J connectivity index is 2.14. The van der Waals surface area contributed by atoms with Crippen molar-refractivity contribution in [2.24, 2.45) is 4.99 Å². The first-order valence-electron chi connectivity index (χ1n) is 8.44. The van der Waals surface area contributed by atoms with E-state index in [2.05, 4.69) is 4.99 Å². The molecule has 0 spiro atoms. The van der Waals surface area contributed by atoms with Crippen LogP contribution in [0.5, 0.6) is 0 Å². The van der Waals surface area contributed by atoms with Crippen LogP contribution in [0.25, 0.3) is 0 Å². The van der Waals surface area contributed by atoms with Gasteiger partial charge in [0, 0.05) is 0 Å². The monoisotopic (exact) mass is 418 g/mol. The van der Waals surface area contributed by atoms with E-state index in [1.54, 1.807) is 37.3 Å². The van der Waals surface area contributed by atoms with E-state index < -0.39 is 40.2 Å². The average molecular weight is 418 g/mol. The van der Waals surface area contributed by atoms with Crippen LogP contribution in [0, 0.1) is 0 Å². The highest BCUT2D eigenvalue weighted by Crippen LogP contribution is 2.50. The van der Waals surface area contributed by atoms with Crippen LogP contribution < -0.4 is 0 Å². The first-order valence-corrected chi connectivity index (χ1v) is 9.38. The summed E-state index contributed by atoms with van der Waals surface area (Å²) in [5, 5.41) is -1.80. The Kier molecular flexibility index (Phi) is 5.65. The number of thioether (sulfide) groups is 1. The van der Waals surface area contributed by atoms with Crippen LogP contribution in [0.15, 0.2) is 59.6 Å². The Labute approximate surface area is 162 Å². The molecule has 2 unspecified atom stereocenters. The van der Waals surface area contributed by atoms with Crippen LogP contribution in [0.1, 0.15) is 29.8 Å². The minimum atomic E-state index is -4.79. The summed E-state index contributed by atoms with van der Waals surface area (Å²) in [7, 11) is 0. The van der Waals surface area contributed by atoms with Crippen LogP contribution in [0.3, 0.4) is 0 Å². The van der Waals surface area contributed by atoms with Crippen molar-refractivity contribution in [3.63, 3.8) is 0 Å². The van der Waals surface area contributed by atoms with Gasteiger partial charge in [-0.15, -0.1) is 24.9 Å². The second-order valence-electron chi connectivity index (χ2n) is 6.12. The third kappa shape index (κ3) is 4.14. The summed E-state index contributed by atoms with van der Waals surface area (Å²) in [5.74, 6) is -0.412. The third-order valence-corrected chi connectivity index (χ3v) is 5.85. The number of para-hydroxylation sites is 1. The Morgan fingerprint density at radius 1 is 0.929 bits per heavy atom. The molecule has 2 atom stereocenters. The molecule has 150 valence electrons.